The molecule has 0 radical (unpaired) electrons. The molecule has 0 aromatic heterocycles. The van der Waals surface area contributed by atoms with Gasteiger partial charge in [-0.2, -0.15) is 0 Å². The minimum absolute atomic E-state index is 0.121. The number of nitrogens with zero attached hydrogens (tertiary/aromatic N) is 1. The van der Waals surface area contributed by atoms with Crippen LogP contribution < -0.4 is 5.32 Å². The average Bonchev–Trinajstić information content (AvgIpc) is 2.14. The summed E-state index contributed by atoms with van der Waals surface area (Å²) < 4.78 is 5.28. The van der Waals surface area contributed by atoms with Gasteiger partial charge in [-0.25, -0.2) is 0 Å². The van der Waals surface area contributed by atoms with Gasteiger partial charge in [0.15, 0.2) is 0 Å². The fourth-order valence-electron chi connectivity index (χ4n) is 1.19. The van der Waals surface area contributed by atoms with Crippen LogP contribution in [-0.2, 0) is 9.53 Å². The van der Waals surface area contributed by atoms with Crippen LogP contribution in [0.25, 0.3) is 0 Å². The number of likely N-dealkylation sites (N-methyl/N-ethyl adjacent to an activating group) is 1. The number of carbonyl (C=O) groups is 1. The lowest BCUT2D eigenvalue weighted by atomic mass is 10.2. The summed E-state index contributed by atoms with van der Waals surface area (Å²) in [6, 6.07) is 0. The van der Waals surface area contributed by atoms with E-state index in [0.29, 0.717) is 13.2 Å². The van der Waals surface area contributed by atoms with E-state index in [1.165, 1.54) is 0 Å². The lowest BCUT2D eigenvalue weighted by Crippen LogP contribution is -2.48. The van der Waals surface area contributed by atoms with E-state index in [1.54, 1.807) is 0 Å². The van der Waals surface area contributed by atoms with Gasteiger partial charge >= 0.3 is 0 Å². The van der Waals surface area contributed by atoms with Crippen LogP contribution in [0.2, 0.25) is 0 Å². The second-order valence-corrected chi connectivity index (χ2v) is 3.04. The van der Waals surface area contributed by atoms with Crippen LogP contribution in [0.3, 0.4) is 0 Å². The molecule has 72 valence electrons. The molecule has 0 aromatic rings. The van der Waals surface area contributed by atoms with E-state index in [4.69, 9.17) is 11.2 Å². The molecule has 1 rings (SSSR count). The number of carbonyl (C=O) groups excluding carboxylic acids is 1. The number of rotatable bonds is 2. The molecule has 0 aromatic carbocycles. The number of morpholine rings is 1. The number of ether oxygens (including phenoxy) is 1. The van der Waals surface area contributed by atoms with Gasteiger partial charge in [-0.1, -0.05) is 5.92 Å². The number of hydrogen-bond acceptors (Lipinski definition) is 3. The van der Waals surface area contributed by atoms with Crippen LogP contribution >= 0.6 is 0 Å². The SMILES string of the molecule is C#CCNC(=O)C1CN(C)CCO1. The molecule has 13 heavy (non-hydrogen) atoms. The molecule has 0 saturated carbocycles. The summed E-state index contributed by atoms with van der Waals surface area (Å²) in [6.07, 6.45) is 4.65. The molecule has 0 bridgehead atoms. The summed E-state index contributed by atoms with van der Waals surface area (Å²) in [5, 5.41) is 2.60. The molecule has 1 aliphatic heterocycles. The molecule has 4 nitrogen and oxygen atoms in total. The first-order valence-electron chi connectivity index (χ1n) is 4.25. The Balaban J connectivity index is 2.33. The molecule has 1 unspecified atom stereocenters. The maximum absolute atomic E-state index is 11.3. The van der Waals surface area contributed by atoms with E-state index in [-0.39, 0.29) is 18.6 Å². The Kier molecular flexibility index (Phi) is 3.74. The molecule has 1 N–H and O–H groups in total. The smallest absolute Gasteiger partial charge is 0.251 e. The topological polar surface area (TPSA) is 41.6 Å². The van der Waals surface area contributed by atoms with Crippen molar-refractivity contribution in [1.82, 2.24) is 10.2 Å². The predicted molar refractivity (Wildman–Crippen MR) is 49.1 cm³/mol. The van der Waals surface area contributed by atoms with Crippen molar-refractivity contribution >= 4 is 5.91 Å². The van der Waals surface area contributed by atoms with E-state index in [9.17, 15) is 4.79 Å². The quantitative estimate of drug-likeness (QED) is 0.561. The van der Waals surface area contributed by atoms with Crippen molar-refractivity contribution in [2.24, 2.45) is 0 Å². The van der Waals surface area contributed by atoms with Crippen molar-refractivity contribution in [1.29, 1.82) is 0 Å². The van der Waals surface area contributed by atoms with Crippen molar-refractivity contribution in [3.8, 4) is 12.3 Å². The molecular weight excluding hydrogens is 168 g/mol. The Morgan fingerprint density at radius 3 is 3.23 bits per heavy atom. The number of nitrogens with one attached hydrogen (secondary N) is 1. The number of hydrogen-bond donors (Lipinski definition) is 1. The average molecular weight is 182 g/mol. The van der Waals surface area contributed by atoms with Gasteiger partial charge in [0.1, 0.15) is 6.10 Å². The lowest BCUT2D eigenvalue weighted by molar-refractivity contribution is -0.137. The molecule has 1 amide bonds. The number of terminal acetylenes is 1. The highest BCUT2D eigenvalue weighted by atomic mass is 16.5. The molecule has 1 aliphatic rings. The maximum Gasteiger partial charge on any atom is 0.251 e. The number of amides is 1. The Hall–Kier alpha value is -1.05. The summed E-state index contributed by atoms with van der Waals surface area (Å²) in [5.41, 5.74) is 0. The van der Waals surface area contributed by atoms with E-state index in [1.807, 2.05) is 7.05 Å². The van der Waals surface area contributed by atoms with Gasteiger partial charge in [-0.15, -0.1) is 6.42 Å². The Morgan fingerprint density at radius 2 is 2.62 bits per heavy atom. The third kappa shape index (κ3) is 3.05. The van der Waals surface area contributed by atoms with Gasteiger partial charge in [0, 0.05) is 13.1 Å². The Morgan fingerprint density at radius 1 is 1.85 bits per heavy atom. The third-order valence-corrected chi connectivity index (χ3v) is 1.93. The molecule has 1 saturated heterocycles. The summed E-state index contributed by atoms with van der Waals surface area (Å²) >= 11 is 0. The summed E-state index contributed by atoms with van der Waals surface area (Å²) in [5.74, 6) is 2.23. The monoisotopic (exact) mass is 182 g/mol. The highest BCUT2D eigenvalue weighted by Crippen LogP contribution is 2.02. The molecule has 0 spiro atoms. The van der Waals surface area contributed by atoms with E-state index >= 15 is 0 Å². The van der Waals surface area contributed by atoms with Crippen LogP contribution in [0.15, 0.2) is 0 Å². The van der Waals surface area contributed by atoms with Gasteiger partial charge in [-0.05, 0) is 7.05 Å². The Labute approximate surface area is 78.2 Å². The fraction of sp³-hybridized carbons (Fsp3) is 0.667. The third-order valence-electron chi connectivity index (χ3n) is 1.93. The lowest BCUT2D eigenvalue weighted by Gasteiger charge is -2.28. The van der Waals surface area contributed by atoms with Gasteiger partial charge in [0.05, 0.1) is 13.2 Å². The van der Waals surface area contributed by atoms with Crippen molar-refractivity contribution in [3.05, 3.63) is 0 Å². The van der Waals surface area contributed by atoms with E-state index in [2.05, 4.69) is 16.1 Å². The van der Waals surface area contributed by atoms with Crippen LogP contribution in [0, 0.1) is 12.3 Å². The van der Waals surface area contributed by atoms with Crippen molar-refractivity contribution < 1.29 is 9.53 Å². The van der Waals surface area contributed by atoms with E-state index in [0.717, 1.165) is 6.54 Å². The first-order valence-corrected chi connectivity index (χ1v) is 4.25. The molecule has 0 aliphatic carbocycles. The second-order valence-electron chi connectivity index (χ2n) is 3.04. The first kappa shape index (κ1) is 10.0. The standard InChI is InChI=1S/C9H14N2O2/c1-3-4-10-9(12)8-7-11(2)5-6-13-8/h1,8H,4-7H2,2H3,(H,10,12). The largest absolute Gasteiger partial charge is 0.366 e. The minimum Gasteiger partial charge on any atom is -0.366 e. The summed E-state index contributed by atoms with van der Waals surface area (Å²) in [6.45, 7) is 2.38. The first-order chi connectivity index (χ1) is 6.24. The minimum atomic E-state index is -0.368. The molecule has 1 heterocycles. The van der Waals surface area contributed by atoms with Crippen LogP contribution in [-0.4, -0.2) is 50.2 Å². The van der Waals surface area contributed by atoms with Crippen molar-refractivity contribution in [2.75, 3.05) is 33.3 Å². The highest BCUT2D eigenvalue weighted by Gasteiger charge is 2.23. The summed E-state index contributed by atoms with van der Waals surface area (Å²) in [7, 11) is 1.96. The zero-order chi connectivity index (χ0) is 9.68. The molecular formula is C9H14N2O2. The van der Waals surface area contributed by atoms with Crippen LogP contribution in [0.1, 0.15) is 0 Å². The zero-order valence-electron chi connectivity index (χ0n) is 7.75. The molecule has 4 heteroatoms. The van der Waals surface area contributed by atoms with Crippen LogP contribution in [0.5, 0.6) is 0 Å². The maximum atomic E-state index is 11.3. The predicted octanol–water partition coefficient (Wildman–Crippen LogP) is -0.934. The normalized spacial score (nSPS) is 23.5. The van der Waals surface area contributed by atoms with Crippen molar-refractivity contribution in [2.45, 2.75) is 6.10 Å². The van der Waals surface area contributed by atoms with E-state index < -0.39 is 0 Å². The second kappa shape index (κ2) is 4.85. The van der Waals surface area contributed by atoms with Gasteiger partial charge in [0.2, 0.25) is 0 Å². The van der Waals surface area contributed by atoms with Gasteiger partial charge in [-0.3, -0.25) is 4.79 Å². The fourth-order valence-corrected chi connectivity index (χ4v) is 1.19. The van der Waals surface area contributed by atoms with Crippen LogP contribution in [0.4, 0.5) is 0 Å². The Bertz CT molecular complexity index is 222. The van der Waals surface area contributed by atoms with Crippen molar-refractivity contribution in [3.63, 3.8) is 0 Å². The molecule has 1 fully saturated rings. The zero-order valence-corrected chi connectivity index (χ0v) is 7.75. The molecule has 1 atom stereocenters. The van der Waals surface area contributed by atoms with Gasteiger partial charge < -0.3 is 15.0 Å². The summed E-state index contributed by atoms with van der Waals surface area (Å²) in [4.78, 5) is 13.4. The highest BCUT2D eigenvalue weighted by molar-refractivity contribution is 5.81. The van der Waals surface area contributed by atoms with Gasteiger partial charge in [0.25, 0.3) is 5.91 Å².